The molecule has 88 valence electrons. The van der Waals surface area contributed by atoms with Crippen molar-refractivity contribution in [3.63, 3.8) is 0 Å². The highest BCUT2D eigenvalue weighted by Gasteiger charge is 2.28. The molecule has 0 amide bonds. The van der Waals surface area contributed by atoms with Crippen LogP contribution in [0.3, 0.4) is 0 Å². The smallest absolute Gasteiger partial charge is 0.344 e. The Bertz CT molecular complexity index is 645. The number of rotatable bonds is 1. The van der Waals surface area contributed by atoms with Gasteiger partial charge in [0.15, 0.2) is 0 Å². The van der Waals surface area contributed by atoms with Crippen molar-refractivity contribution < 1.29 is 9.53 Å². The summed E-state index contributed by atoms with van der Waals surface area (Å²) in [6, 6.07) is 14.9. The van der Waals surface area contributed by atoms with Gasteiger partial charge in [0, 0.05) is 0 Å². The van der Waals surface area contributed by atoms with Crippen LogP contribution in [-0.2, 0) is 4.74 Å². The number of carbonyl (C=O) groups is 1. The largest absolute Gasteiger partial charge is 0.422 e. The van der Waals surface area contributed by atoms with Gasteiger partial charge in [0.25, 0.3) is 0 Å². The van der Waals surface area contributed by atoms with Crippen LogP contribution in [0.1, 0.15) is 21.5 Å². The molecule has 1 heterocycles. The summed E-state index contributed by atoms with van der Waals surface area (Å²) in [6.07, 6.45) is 1.82. The average molecular weight is 257 g/mol. The Kier molecular flexibility index (Phi) is 2.65. The van der Waals surface area contributed by atoms with E-state index in [4.69, 9.17) is 16.3 Å². The Morgan fingerprint density at radius 1 is 1.00 bits per heavy atom. The molecule has 0 bridgehead atoms. The Morgan fingerprint density at radius 3 is 2.56 bits per heavy atom. The number of cyclic esters (lactones) is 1. The third kappa shape index (κ3) is 1.81. The van der Waals surface area contributed by atoms with Crippen molar-refractivity contribution in [2.45, 2.75) is 0 Å². The van der Waals surface area contributed by atoms with E-state index in [1.807, 2.05) is 36.4 Å². The number of hydrogen-bond acceptors (Lipinski definition) is 2. The van der Waals surface area contributed by atoms with Crippen LogP contribution >= 0.6 is 11.6 Å². The van der Waals surface area contributed by atoms with Crippen LogP contribution in [-0.4, -0.2) is 5.97 Å². The average Bonchev–Trinajstić information content (AvgIpc) is 2.69. The number of benzene rings is 2. The Balaban J connectivity index is 2.13. The second kappa shape index (κ2) is 4.31. The molecule has 1 aliphatic heterocycles. The van der Waals surface area contributed by atoms with Gasteiger partial charge in [-0.05, 0) is 23.8 Å². The number of esters is 1. The molecule has 0 saturated carbocycles. The molecule has 0 atom stereocenters. The topological polar surface area (TPSA) is 26.3 Å². The molecule has 3 rings (SSSR count). The van der Waals surface area contributed by atoms with Crippen molar-refractivity contribution in [1.82, 2.24) is 0 Å². The number of fused-ring (bicyclic) bond motifs is 1. The maximum absolute atomic E-state index is 11.7. The van der Waals surface area contributed by atoms with Gasteiger partial charge in [-0.2, -0.15) is 0 Å². The predicted molar refractivity (Wildman–Crippen MR) is 71.2 cm³/mol. The molecule has 0 N–H and O–H groups in total. The van der Waals surface area contributed by atoms with Crippen LogP contribution < -0.4 is 0 Å². The Hall–Kier alpha value is -2.06. The molecule has 0 fully saturated rings. The third-order valence-corrected chi connectivity index (χ3v) is 3.09. The second-order valence-electron chi connectivity index (χ2n) is 3.97. The van der Waals surface area contributed by atoms with Gasteiger partial charge in [0.2, 0.25) is 0 Å². The molecule has 0 aliphatic carbocycles. The summed E-state index contributed by atoms with van der Waals surface area (Å²) in [7, 11) is 0. The fourth-order valence-electron chi connectivity index (χ4n) is 1.95. The molecule has 2 aromatic carbocycles. The van der Waals surface area contributed by atoms with Gasteiger partial charge in [-0.3, -0.25) is 0 Å². The van der Waals surface area contributed by atoms with E-state index in [9.17, 15) is 4.79 Å². The summed E-state index contributed by atoms with van der Waals surface area (Å²) in [5.74, 6) is 0.154. The Labute approximate surface area is 109 Å². The summed E-state index contributed by atoms with van der Waals surface area (Å²) in [4.78, 5) is 11.7. The second-order valence-corrected chi connectivity index (χ2v) is 4.38. The summed E-state index contributed by atoms with van der Waals surface area (Å²) in [5.41, 5.74) is 2.16. The highest BCUT2D eigenvalue weighted by molar-refractivity contribution is 6.33. The van der Waals surface area contributed by atoms with Gasteiger partial charge in [-0.1, -0.05) is 48.0 Å². The van der Waals surface area contributed by atoms with E-state index in [-0.39, 0.29) is 5.97 Å². The highest BCUT2D eigenvalue weighted by atomic mass is 35.5. The number of halogens is 1. The molecule has 0 saturated heterocycles. The van der Waals surface area contributed by atoms with Crippen LogP contribution in [0.5, 0.6) is 0 Å². The molecule has 1 aliphatic rings. The predicted octanol–water partition coefficient (Wildman–Crippen LogP) is 4.01. The van der Waals surface area contributed by atoms with Crippen molar-refractivity contribution in [2.24, 2.45) is 0 Å². The van der Waals surface area contributed by atoms with E-state index in [1.165, 1.54) is 0 Å². The molecule has 0 spiro atoms. The normalized spacial score (nSPS) is 15.6. The first-order chi connectivity index (χ1) is 8.75. The molecule has 3 heteroatoms. The van der Waals surface area contributed by atoms with Gasteiger partial charge in [-0.15, -0.1) is 0 Å². The molecule has 2 nitrogen and oxygen atoms in total. The lowest BCUT2D eigenvalue weighted by Crippen LogP contribution is -1.92. The first-order valence-electron chi connectivity index (χ1n) is 5.53. The SMILES string of the molecule is O=C1OC(=Cc2ccccc2)c2c(Cl)cccc21. The number of hydrogen-bond donors (Lipinski definition) is 0. The van der Waals surface area contributed by atoms with Crippen LogP contribution in [0, 0.1) is 0 Å². The van der Waals surface area contributed by atoms with Crippen LogP contribution in [0.25, 0.3) is 11.8 Å². The van der Waals surface area contributed by atoms with Gasteiger partial charge < -0.3 is 4.74 Å². The van der Waals surface area contributed by atoms with Gasteiger partial charge in [-0.25, -0.2) is 4.79 Å². The molecular formula is C15H9ClO2. The van der Waals surface area contributed by atoms with Crippen molar-refractivity contribution in [3.8, 4) is 0 Å². The minimum absolute atomic E-state index is 0.352. The zero-order valence-corrected chi connectivity index (χ0v) is 10.1. The van der Waals surface area contributed by atoms with E-state index >= 15 is 0 Å². The Morgan fingerprint density at radius 2 is 1.78 bits per heavy atom. The number of carbonyl (C=O) groups excluding carboxylic acids is 1. The van der Waals surface area contributed by atoms with Crippen molar-refractivity contribution >= 4 is 29.4 Å². The molecular weight excluding hydrogens is 248 g/mol. The standard InChI is InChI=1S/C15H9ClO2/c16-12-8-4-7-11-14(12)13(18-15(11)17)9-10-5-2-1-3-6-10/h1-9H. The van der Waals surface area contributed by atoms with Crippen LogP contribution in [0.15, 0.2) is 48.5 Å². The van der Waals surface area contributed by atoms with Crippen molar-refractivity contribution in [2.75, 3.05) is 0 Å². The molecule has 0 aromatic heterocycles. The zero-order chi connectivity index (χ0) is 12.5. The summed E-state index contributed by atoms with van der Waals surface area (Å²) < 4.78 is 5.25. The molecule has 2 aromatic rings. The first kappa shape index (κ1) is 11.1. The minimum atomic E-state index is -0.352. The van der Waals surface area contributed by atoms with E-state index in [1.54, 1.807) is 18.2 Å². The lowest BCUT2D eigenvalue weighted by Gasteiger charge is -2.00. The quantitative estimate of drug-likeness (QED) is 0.721. The fourth-order valence-corrected chi connectivity index (χ4v) is 2.22. The van der Waals surface area contributed by atoms with Crippen LogP contribution in [0.2, 0.25) is 5.02 Å². The van der Waals surface area contributed by atoms with E-state index < -0.39 is 0 Å². The van der Waals surface area contributed by atoms with Crippen molar-refractivity contribution in [1.29, 1.82) is 0 Å². The number of ether oxygens (including phenoxy) is 1. The third-order valence-electron chi connectivity index (χ3n) is 2.78. The van der Waals surface area contributed by atoms with E-state index in [0.29, 0.717) is 21.9 Å². The van der Waals surface area contributed by atoms with Gasteiger partial charge in [0.1, 0.15) is 5.76 Å². The maximum atomic E-state index is 11.7. The minimum Gasteiger partial charge on any atom is -0.422 e. The monoisotopic (exact) mass is 256 g/mol. The zero-order valence-electron chi connectivity index (χ0n) is 9.39. The summed E-state index contributed by atoms with van der Waals surface area (Å²) in [5, 5.41) is 0.528. The van der Waals surface area contributed by atoms with Crippen molar-refractivity contribution in [3.05, 3.63) is 70.2 Å². The lowest BCUT2D eigenvalue weighted by atomic mass is 10.1. The maximum Gasteiger partial charge on any atom is 0.344 e. The highest BCUT2D eigenvalue weighted by Crippen LogP contribution is 2.36. The van der Waals surface area contributed by atoms with Gasteiger partial charge in [0.05, 0.1) is 16.1 Å². The van der Waals surface area contributed by atoms with Crippen LogP contribution in [0.4, 0.5) is 0 Å². The fraction of sp³-hybridized carbons (Fsp3) is 0. The lowest BCUT2D eigenvalue weighted by molar-refractivity contribution is 0.0717. The summed E-state index contributed by atoms with van der Waals surface area (Å²) in [6.45, 7) is 0. The molecule has 0 unspecified atom stereocenters. The van der Waals surface area contributed by atoms with E-state index in [0.717, 1.165) is 5.56 Å². The first-order valence-corrected chi connectivity index (χ1v) is 5.91. The molecule has 18 heavy (non-hydrogen) atoms. The van der Waals surface area contributed by atoms with Gasteiger partial charge >= 0.3 is 5.97 Å². The summed E-state index contributed by atoms with van der Waals surface area (Å²) >= 11 is 6.12. The molecule has 0 radical (unpaired) electrons. The van der Waals surface area contributed by atoms with E-state index in [2.05, 4.69) is 0 Å².